The van der Waals surface area contributed by atoms with Gasteiger partial charge in [0.25, 0.3) is 0 Å². The average molecular weight is 247 g/mol. The topological polar surface area (TPSA) is 0 Å². The van der Waals surface area contributed by atoms with Crippen molar-refractivity contribution < 1.29 is 4.39 Å². The molecule has 0 saturated heterocycles. The molecule has 0 saturated carbocycles. The monoisotopic (exact) mass is 246 g/mol. The fourth-order valence-electron chi connectivity index (χ4n) is 0.984. The number of benzene rings is 1. The van der Waals surface area contributed by atoms with E-state index < -0.39 is 0 Å². The predicted octanol–water partition coefficient (Wildman–Crippen LogP) is 4.57. The van der Waals surface area contributed by atoms with E-state index in [2.05, 4.69) is 22.9 Å². The maximum atomic E-state index is 12.7. The highest BCUT2D eigenvalue weighted by atomic mass is 79.9. The Labute approximate surface area is 88.3 Å². The lowest BCUT2D eigenvalue weighted by Crippen LogP contribution is -1.84. The minimum Gasteiger partial charge on any atom is -0.206 e. The maximum absolute atomic E-state index is 12.7. The van der Waals surface area contributed by atoms with E-state index in [0.717, 1.165) is 12.8 Å². The van der Waals surface area contributed by atoms with Gasteiger partial charge in [-0.25, -0.2) is 4.39 Å². The van der Waals surface area contributed by atoms with Gasteiger partial charge in [-0.05, 0) is 40.0 Å². The Balaban J connectivity index is 0.000000671. The van der Waals surface area contributed by atoms with Crippen LogP contribution >= 0.6 is 15.9 Å². The third-order valence-electron chi connectivity index (χ3n) is 1.52. The van der Waals surface area contributed by atoms with Crippen LogP contribution in [0.3, 0.4) is 0 Å². The van der Waals surface area contributed by atoms with Gasteiger partial charge in [0.05, 0.1) is 4.47 Å². The summed E-state index contributed by atoms with van der Waals surface area (Å²) in [6.07, 6.45) is 2.11. The van der Waals surface area contributed by atoms with Gasteiger partial charge in [0.1, 0.15) is 5.82 Å². The Kier molecular flexibility index (Phi) is 6.87. The molecular formula is C11H16BrF. The standard InChI is InChI=1S/C9H10BrF.C2H6/c1-2-3-7-4-5-9(11)8(10)6-7;1-2/h4-6H,2-3H2,1H3;1-2H3. The van der Waals surface area contributed by atoms with Crippen molar-refractivity contribution in [1.82, 2.24) is 0 Å². The largest absolute Gasteiger partial charge is 0.206 e. The number of rotatable bonds is 2. The summed E-state index contributed by atoms with van der Waals surface area (Å²) in [6, 6.07) is 5.15. The highest BCUT2D eigenvalue weighted by Crippen LogP contribution is 2.17. The van der Waals surface area contributed by atoms with E-state index in [1.54, 1.807) is 0 Å². The van der Waals surface area contributed by atoms with Crippen LogP contribution in [0, 0.1) is 5.82 Å². The molecule has 0 radical (unpaired) electrons. The molecule has 0 N–H and O–H groups in total. The molecule has 0 bridgehead atoms. The van der Waals surface area contributed by atoms with E-state index in [1.165, 1.54) is 11.6 Å². The zero-order valence-electron chi connectivity index (χ0n) is 8.40. The molecule has 74 valence electrons. The van der Waals surface area contributed by atoms with Gasteiger partial charge in [-0.15, -0.1) is 0 Å². The normalized spacial score (nSPS) is 9.00. The summed E-state index contributed by atoms with van der Waals surface area (Å²) in [4.78, 5) is 0. The summed E-state index contributed by atoms with van der Waals surface area (Å²) in [5.41, 5.74) is 1.18. The molecule has 1 aromatic rings. The van der Waals surface area contributed by atoms with Gasteiger partial charge in [-0.1, -0.05) is 33.3 Å². The SMILES string of the molecule is CC.CCCc1ccc(F)c(Br)c1. The average Bonchev–Trinajstić information content (AvgIpc) is 2.15. The second-order valence-electron chi connectivity index (χ2n) is 2.50. The minimum absolute atomic E-state index is 0.190. The smallest absolute Gasteiger partial charge is 0.137 e. The van der Waals surface area contributed by atoms with Gasteiger partial charge in [0.2, 0.25) is 0 Å². The molecule has 2 heteroatoms. The minimum atomic E-state index is -0.190. The summed E-state index contributed by atoms with van der Waals surface area (Å²) in [5.74, 6) is -0.190. The Hall–Kier alpha value is -0.370. The highest BCUT2D eigenvalue weighted by Gasteiger charge is 1.98. The van der Waals surface area contributed by atoms with Crippen molar-refractivity contribution in [1.29, 1.82) is 0 Å². The second-order valence-corrected chi connectivity index (χ2v) is 3.35. The first-order valence-corrected chi connectivity index (χ1v) is 5.47. The van der Waals surface area contributed by atoms with Crippen molar-refractivity contribution in [2.75, 3.05) is 0 Å². The van der Waals surface area contributed by atoms with E-state index in [9.17, 15) is 4.39 Å². The van der Waals surface area contributed by atoms with Crippen molar-refractivity contribution >= 4 is 15.9 Å². The first kappa shape index (κ1) is 12.6. The second kappa shape index (κ2) is 7.07. The van der Waals surface area contributed by atoms with Crippen molar-refractivity contribution in [3.8, 4) is 0 Å². The van der Waals surface area contributed by atoms with Crippen LogP contribution in [0.2, 0.25) is 0 Å². The summed E-state index contributed by atoms with van der Waals surface area (Å²) in [5, 5.41) is 0. The van der Waals surface area contributed by atoms with Crippen molar-refractivity contribution in [3.63, 3.8) is 0 Å². The lowest BCUT2D eigenvalue weighted by Gasteiger charge is -1.99. The zero-order chi connectivity index (χ0) is 10.3. The summed E-state index contributed by atoms with van der Waals surface area (Å²) in [7, 11) is 0. The zero-order valence-corrected chi connectivity index (χ0v) is 9.99. The molecule has 0 atom stereocenters. The summed E-state index contributed by atoms with van der Waals surface area (Å²) >= 11 is 3.14. The Morgan fingerprint density at radius 1 is 1.31 bits per heavy atom. The van der Waals surface area contributed by atoms with Gasteiger partial charge in [-0.3, -0.25) is 0 Å². The fraction of sp³-hybridized carbons (Fsp3) is 0.455. The fourth-order valence-corrected chi connectivity index (χ4v) is 1.41. The number of aryl methyl sites for hydroxylation is 1. The summed E-state index contributed by atoms with van der Waals surface area (Å²) < 4.78 is 13.3. The molecule has 0 amide bonds. The van der Waals surface area contributed by atoms with Crippen LogP contribution in [0.4, 0.5) is 4.39 Å². The maximum Gasteiger partial charge on any atom is 0.137 e. The number of hydrogen-bond acceptors (Lipinski definition) is 0. The van der Waals surface area contributed by atoms with Gasteiger partial charge in [-0.2, -0.15) is 0 Å². The Bertz CT molecular complexity index is 246. The molecule has 0 spiro atoms. The lowest BCUT2D eigenvalue weighted by molar-refractivity contribution is 0.620. The van der Waals surface area contributed by atoms with Gasteiger partial charge < -0.3 is 0 Å². The first-order valence-electron chi connectivity index (χ1n) is 4.68. The van der Waals surface area contributed by atoms with Crippen molar-refractivity contribution in [2.45, 2.75) is 33.6 Å². The summed E-state index contributed by atoms with van der Waals surface area (Å²) in [6.45, 7) is 6.11. The van der Waals surface area contributed by atoms with Crippen LogP contribution < -0.4 is 0 Å². The van der Waals surface area contributed by atoms with E-state index in [4.69, 9.17) is 0 Å². The molecule has 0 aromatic heterocycles. The van der Waals surface area contributed by atoms with Crippen LogP contribution in [-0.2, 0) is 6.42 Å². The molecule has 0 aliphatic rings. The van der Waals surface area contributed by atoms with E-state index in [1.807, 2.05) is 26.0 Å². The molecule has 0 aliphatic heterocycles. The van der Waals surface area contributed by atoms with Crippen molar-refractivity contribution in [2.24, 2.45) is 0 Å². The lowest BCUT2D eigenvalue weighted by atomic mass is 10.1. The van der Waals surface area contributed by atoms with Crippen LogP contribution in [0.25, 0.3) is 0 Å². The molecular weight excluding hydrogens is 231 g/mol. The quantitative estimate of drug-likeness (QED) is 0.718. The third-order valence-corrected chi connectivity index (χ3v) is 2.13. The Morgan fingerprint density at radius 3 is 2.38 bits per heavy atom. The van der Waals surface area contributed by atoms with Crippen LogP contribution in [0.1, 0.15) is 32.8 Å². The molecule has 0 fully saturated rings. The number of hydrogen-bond donors (Lipinski definition) is 0. The van der Waals surface area contributed by atoms with Crippen LogP contribution in [0.15, 0.2) is 22.7 Å². The molecule has 0 aliphatic carbocycles. The molecule has 1 aromatic carbocycles. The molecule has 1 rings (SSSR count). The third kappa shape index (κ3) is 4.41. The Morgan fingerprint density at radius 2 is 1.92 bits per heavy atom. The van der Waals surface area contributed by atoms with E-state index >= 15 is 0 Å². The van der Waals surface area contributed by atoms with Gasteiger partial charge in [0, 0.05) is 0 Å². The van der Waals surface area contributed by atoms with Crippen molar-refractivity contribution in [3.05, 3.63) is 34.1 Å². The first-order chi connectivity index (χ1) is 6.24. The van der Waals surface area contributed by atoms with E-state index in [-0.39, 0.29) is 5.82 Å². The van der Waals surface area contributed by atoms with Gasteiger partial charge >= 0.3 is 0 Å². The molecule has 0 nitrogen and oxygen atoms in total. The molecule has 0 unspecified atom stereocenters. The van der Waals surface area contributed by atoms with Gasteiger partial charge in [0.15, 0.2) is 0 Å². The van der Waals surface area contributed by atoms with Crippen LogP contribution in [0.5, 0.6) is 0 Å². The van der Waals surface area contributed by atoms with E-state index in [0.29, 0.717) is 4.47 Å². The predicted molar refractivity (Wildman–Crippen MR) is 59.4 cm³/mol. The van der Waals surface area contributed by atoms with Crippen LogP contribution in [-0.4, -0.2) is 0 Å². The number of halogens is 2. The highest BCUT2D eigenvalue weighted by molar-refractivity contribution is 9.10. The molecule has 13 heavy (non-hydrogen) atoms. The molecule has 0 heterocycles.